The number of nitrogen functional groups attached to an aromatic ring is 1. The second-order valence-corrected chi connectivity index (χ2v) is 3.77. The number of aromatic nitrogens is 2. The lowest BCUT2D eigenvalue weighted by Crippen LogP contribution is -2.30. The molecule has 0 saturated heterocycles. The zero-order valence-electron chi connectivity index (χ0n) is 10.4. The summed E-state index contributed by atoms with van der Waals surface area (Å²) >= 11 is 0. The van der Waals surface area contributed by atoms with Gasteiger partial charge in [-0.05, 0) is 19.8 Å². The molecule has 0 spiro atoms. The molecular weight excluding hydrogens is 204 g/mol. The minimum absolute atomic E-state index is 0.419. The van der Waals surface area contributed by atoms with Crippen LogP contribution < -0.4 is 11.3 Å². The second kappa shape index (κ2) is 5.23. The molecule has 0 aliphatic heterocycles. The number of hydrogen-bond donors (Lipinski definition) is 2. The van der Waals surface area contributed by atoms with Crippen LogP contribution in [0.25, 0.3) is 0 Å². The van der Waals surface area contributed by atoms with Gasteiger partial charge in [0.15, 0.2) is 5.82 Å². The molecule has 0 radical (unpaired) electrons. The molecule has 0 aliphatic rings. The van der Waals surface area contributed by atoms with E-state index >= 15 is 0 Å². The summed E-state index contributed by atoms with van der Waals surface area (Å²) in [6.07, 6.45) is 1.65. The number of rotatable bonds is 5. The minimum atomic E-state index is -0.419. The van der Waals surface area contributed by atoms with Crippen molar-refractivity contribution in [2.75, 3.05) is 12.5 Å². The number of aryl methyl sites for hydroxylation is 1. The molecule has 3 N–H and O–H groups in total. The third kappa shape index (κ3) is 2.31. The van der Waals surface area contributed by atoms with Crippen molar-refractivity contribution in [1.29, 1.82) is 0 Å². The molecule has 0 aromatic carbocycles. The summed E-state index contributed by atoms with van der Waals surface area (Å²) < 4.78 is 5.58. The highest BCUT2D eigenvalue weighted by Gasteiger charge is 2.31. The van der Waals surface area contributed by atoms with Crippen LogP contribution in [0.5, 0.6) is 0 Å². The fourth-order valence-corrected chi connectivity index (χ4v) is 1.79. The first kappa shape index (κ1) is 12.9. The molecule has 1 heterocycles. The van der Waals surface area contributed by atoms with Gasteiger partial charge in [0.1, 0.15) is 11.4 Å². The molecule has 0 saturated carbocycles. The van der Waals surface area contributed by atoms with E-state index in [9.17, 15) is 0 Å². The van der Waals surface area contributed by atoms with Gasteiger partial charge in [-0.1, -0.05) is 13.8 Å². The van der Waals surface area contributed by atoms with Crippen LogP contribution >= 0.6 is 0 Å². The normalized spacial score (nSPS) is 11.6. The third-order valence-corrected chi connectivity index (χ3v) is 2.94. The highest BCUT2D eigenvalue weighted by Crippen LogP contribution is 2.30. The highest BCUT2D eigenvalue weighted by molar-refractivity contribution is 5.34. The van der Waals surface area contributed by atoms with Crippen LogP contribution in [0, 0.1) is 6.92 Å². The molecule has 0 fully saturated rings. The zero-order chi connectivity index (χ0) is 12.2. The van der Waals surface area contributed by atoms with Crippen LogP contribution in [0.1, 0.15) is 38.2 Å². The smallest absolute Gasteiger partial charge is 0.162 e. The largest absolute Gasteiger partial charge is 0.370 e. The molecule has 0 bridgehead atoms. The number of nitrogens with zero attached hydrogens (tertiary/aromatic N) is 2. The van der Waals surface area contributed by atoms with Gasteiger partial charge in [-0.25, -0.2) is 15.8 Å². The molecule has 1 rings (SSSR count). The molecule has 1 aromatic heterocycles. The number of anilines is 1. The molecule has 5 nitrogen and oxygen atoms in total. The van der Waals surface area contributed by atoms with Gasteiger partial charge in [0.25, 0.3) is 0 Å². The fraction of sp³-hybridized carbons (Fsp3) is 0.636. The Labute approximate surface area is 96.4 Å². The monoisotopic (exact) mass is 224 g/mol. The van der Waals surface area contributed by atoms with E-state index in [0.717, 1.165) is 18.5 Å². The van der Waals surface area contributed by atoms with Crippen molar-refractivity contribution >= 4 is 5.82 Å². The standard InChI is InChI=1S/C11H20N4O/c1-5-11(6-2,16-4)10-13-8(3)7-9(14-10)15-12/h7H,5-6,12H2,1-4H3,(H,13,14,15). The Morgan fingerprint density at radius 2 is 2.00 bits per heavy atom. The maximum atomic E-state index is 5.58. The van der Waals surface area contributed by atoms with Crippen LogP contribution in [-0.2, 0) is 10.3 Å². The first-order chi connectivity index (χ1) is 7.61. The molecule has 1 aromatic rings. The van der Waals surface area contributed by atoms with Crippen molar-refractivity contribution in [2.24, 2.45) is 5.84 Å². The Morgan fingerprint density at radius 1 is 1.38 bits per heavy atom. The van der Waals surface area contributed by atoms with Crippen molar-refractivity contribution in [3.05, 3.63) is 17.6 Å². The van der Waals surface area contributed by atoms with E-state index < -0.39 is 5.60 Å². The summed E-state index contributed by atoms with van der Waals surface area (Å²) in [6, 6.07) is 1.80. The predicted molar refractivity (Wildman–Crippen MR) is 63.8 cm³/mol. The van der Waals surface area contributed by atoms with Gasteiger partial charge in [0, 0.05) is 18.9 Å². The van der Waals surface area contributed by atoms with Gasteiger partial charge in [-0.3, -0.25) is 0 Å². The molecule has 16 heavy (non-hydrogen) atoms. The number of hydrazine groups is 1. The van der Waals surface area contributed by atoms with E-state index in [1.807, 2.05) is 6.92 Å². The molecule has 90 valence electrons. The fourth-order valence-electron chi connectivity index (χ4n) is 1.79. The molecule has 0 unspecified atom stereocenters. The first-order valence-corrected chi connectivity index (χ1v) is 5.49. The van der Waals surface area contributed by atoms with Gasteiger partial charge < -0.3 is 10.2 Å². The molecule has 0 atom stereocenters. The van der Waals surface area contributed by atoms with E-state index in [1.54, 1.807) is 13.2 Å². The van der Waals surface area contributed by atoms with E-state index in [1.165, 1.54) is 0 Å². The Hall–Kier alpha value is -1.20. The lowest BCUT2D eigenvalue weighted by Gasteiger charge is -2.28. The van der Waals surface area contributed by atoms with E-state index in [2.05, 4.69) is 29.2 Å². The highest BCUT2D eigenvalue weighted by atomic mass is 16.5. The summed E-state index contributed by atoms with van der Waals surface area (Å²) in [6.45, 7) is 6.04. The summed E-state index contributed by atoms with van der Waals surface area (Å²) in [5, 5.41) is 0. The maximum Gasteiger partial charge on any atom is 0.162 e. The van der Waals surface area contributed by atoms with Gasteiger partial charge in [-0.2, -0.15) is 0 Å². The van der Waals surface area contributed by atoms with Crippen LogP contribution in [0.3, 0.4) is 0 Å². The van der Waals surface area contributed by atoms with E-state index in [-0.39, 0.29) is 0 Å². The van der Waals surface area contributed by atoms with Crippen molar-refractivity contribution in [3.63, 3.8) is 0 Å². The van der Waals surface area contributed by atoms with Crippen LogP contribution in [0.2, 0.25) is 0 Å². The number of methoxy groups -OCH3 is 1. The second-order valence-electron chi connectivity index (χ2n) is 3.77. The van der Waals surface area contributed by atoms with Gasteiger partial charge in [0.2, 0.25) is 0 Å². The first-order valence-electron chi connectivity index (χ1n) is 5.49. The summed E-state index contributed by atoms with van der Waals surface area (Å²) in [5.74, 6) is 6.68. The average Bonchev–Trinajstić information content (AvgIpc) is 2.31. The molecule has 0 amide bonds. The lowest BCUT2D eigenvalue weighted by molar-refractivity contribution is -0.0291. The zero-order valence-corrected chi connectivity index (χ0v) is 10.4. The molecular formula is C11H20N4O. The van der Waals surface area contributed by atoms with E-state index in [0.29, 0.717) is 11.6 Å². The van der Waals surface area contributed by atoms with Gasteiger partial charge in [0.05, 0.1) is 0 Å². The van der Waals surface area contributed by atoms with Crippen LogP contribution in [0.15, 0.2) is 6.07 Å². The Balaban J connectivity index is 3.23. The molecule has 0 aliphatic carbocycles. The summed E-state index contributed by atoms with van der Waals surface area (Å²) in [4.78, 5) is 8.80. The Bertz CT molecular complexity index is 342. The summed E-state index contributed by atoms with van der Waals surface area (Å²) in [5.41, 5.74) is 3.00. The number of nitrogens with two attached hydrogens (primary N) is 1. The van der Waals surface area contributed by atoms with Crippen LogP contribution in [-0.4, -0.2) is 17.1 Å². The summed E-state index contributed by atoms with van der Waals surface area (Å²) in [7, 11) is 1.69. The van der Waals surface area contributed by atoms with Crippen molar-refractivity contribution in [3.8, 4) is 0 Å². The van der Waals surface area contributed by atoms with Crippen LogP contribution in [0.4, 0.5) is 5.82 Å². The topological polar surface area (TPSA) is 73.1 Å². The average molecular weight is 224 g/mol. The van der Waals surface area contributed by atoms with Crippen molar-refractivity contribution in [1.82, 2.24) is 9.97 Å². The number of ether oxygens (including phenoxy) is 1. The Morgan fingerprint density at radius 3 is 2.44 bits per heavy atom. The number of nitrogens with one attached hydrogen (secondary N) is 1. The van der Waals surface area contributed by atoms with Crippen molar-refractivity contribution in [2.45, 2.75) is 39.2 Å². The predicted octanol–water partition coefficient (Wildman–Crippen LogP) is 1.73. The SMILES string of the molecule is CCC(CC)(OC)c1nc(C)cc(NN)n1. The van der Waals surface area contributed by atoms with E-state index in [4.69, 9.17) is 10.6 Å². The van der Waals surface area contributed by atoms with Gasteiger partial charge in [-0.15, -0.1) is 0 Å². The number of hydrogen-bond acceptors (Lipinski definition) is 5. The third-order valence-electron chi connectivity index (χ3n) is 2.94. The minimum Gasteiger partial charge on any atom is -0.370 e. The lowest BCUT2D eigenvalue weighted by atomic mass is 9.96. The maximum absolute atomic E-state index is 5.58. The quantitative estimate of drug-likeness (QED) is 0.588. The van der Waals surface area contributed by atoms with Gasteiger partial charge >= 0.3 is 0 Å². The van der Waals surface area contributed by atoms with Crippen molar-refractivity contribution < 1.29 is 4.74 Å². The molecule has 5 heteroatoms. The Kier molecular flexibility index (Phi) is 4.20.